The normalized spacial score (nSPS) is 11.3. The Morgan fingerprint density at radius 1 is 1.28 bits per heavy atom. The summed E-state index contributed by atoms with van der Waals surface area (Å²) in [5, 5.41) is 2.91. The molecule has 0 saturated heterocycles. The minimum Gasteiger partial charge on any atom is -0.356 e. The van der Waals surface area contributed by atoms with Gasteiger partial charge in [0.1, 0.15) is 5.82 Å². The Bertz CT molecular complexity index is 384. The van der Waals surface area contributed by atoms with Crippen molar-refractivity contribution in [1.82, 2.24) is 5.32 Å². The molecule has 0 aliphatic heterocycles. The molecule has 1 rings (SSSR count). The van der Waals surface area contributed by atoms with Gasteiger partial charge in [-0.2, -0.15) is 0 Å². The Morgan fingerprint density at radius 2 is 1.89 bits per heavy atom. The fourth-order valence-corrected chi connectivity index (χ4v) is 2.11. The minimum absolute atomic E-state index is 0.0780. The zero-order chi connectivity index (χ0) is 13.6. The van der Waals surface area contributed by atoms with Crippen molar-refractivity contribution in [3.63, 3.8) is 0 Å². The van der Waals surface area contributed by atoms with Crippen LogP contribution in [0, 0.1) is 11.2 Å². The Balaban J connectivity index is 2.16. The summed E-state index contributed by atoms with van der Waals surface area (Å²) in [6, 6.07) is 6.47. The Hall–Kier alpha value is -1.03. The third kappa shape index (κ3) is 5.54. The summed E-state index contributed by atoms with van der Waals surface area (Å²) in [6.07, 6.45) is 0.907. The molecule has 0 atom stereocenters. The number of hydrogen-bond acceptors (Lipinski definition) is 2. The molecule has 100 valence electrons. The molecule has 0 aliphatic carbocycles. The molecule has 0 spiro atoms. The third-order valence-corrected chi connectivity index (χ3v) is 3.47. The van der Waals surface area contributed by atoms with Crippen molar-refractivity contribution in [3.05, 3.63) is 30.1 Å². The molecule has 0 aliphatic rings. The molecule has 1 amide bonds. The number of rotatable bonds is 5. The average Bonchev–Trinajstić information content (AvgIpc) is 2.29. The molecular formula is C14H20FNOS. The third-order valence-electron chi connectivity index (χ3n) is 2.37. The van der Waals surface area contributed by atoms with Crippen LogP contribution in [0.4, 0.5) is 4.39 Å². The summed E-state index contributed by atoms with van der Waals surface area (Å²) >= 11 is 1.67. The van der Waals surface area contributed by atoms with E-state index in [-0.39, 0.29) is 17.1 Å². The summed E-state index contributed by atoms with van der Waals surface area (Å²) in [7, 11) is 0. The van der Waals surface area contributed by atoms with Crippen LogP contribution in [0.15, 0.2) is 29.2 Å². The number of carbonyl (C=O) groups is 1. The second kappa shape index (κ2) is 6.78. The maximum Gasteiger partial charge on any atom is 0.225 e. The largest absolute Gasteiger partial charge is 0.356 e. The van der Waals surface area contributed by atoms with Crippen molar-refractivity contribution in [2.75, 3.05) is 12.3 Å². The fraction of sp³-hybridized carbons (Fsp3) is 0.500. The van der Waals surface area contributed by atoms with Crippen molar-refractivity contribution >= 4 is 17.7 Å². The lowest BCUT2D eigenvalue weighted by Crippen LogP contribution is -2.35. The minimum atomic E-state index is -0.329. The van der Waals surface area contributed by atoms with Crippen LogP contribution in [0.2, 0.25) is 0 Å². The lowest BCUT2D eigenvalue weighted by atomic mass is 9.96. The molecule has 0 unspecified atom stereocenters. The molecule has 0 saturated carbocycles. The van der Waals surface area contributed by atoms with E-state index in [1.165, 1.54) is 12.1 Å². The molecule has 0 heterocycles. The van der Waals surface area contributed by atoms with Gasteiger partial charge in [0.15, 0.2) is 0 Å². The SMILES string of the molecule is CC(C)(C)C(=O)NCCCSc1ccc(F)cc1. The molecule has 0 fully saturated rings. The highest BCUT2D eigenvalue weighted by molar-refractivity contribution is 7.99. The molecule has 0 aromatic heterocycles. The van der Waals surface area contributed by atoms with E-state index in [4.69, 9.17) is 0 Å². The predicted octanol–water partition coefficient (Wildman–Crippen LogP) is 3.47. The summed E-state index contributed by atoms with van der Waals surface area (Å²) in [5.41, 5.74) is -0.329. The number of hydrogen-bond donors (Lipinski definition) is 1. The highest BCUT2D eigenvalue weighted by atomic mass is 32.2. The number of benzene rings is 1. The lowest BCUT2D eigenvalue weighted by Gasteiger charge is -2.17. The summed E-state index contributed by atoms with van der Waals surface area (Å²) < 4.78 is 12.7. The van der Waals surface area contributed by atoms with Crippen molar-refractivity contribution in [1.29, 1.82) is 0 Å². The van der Waals surface area contributed by atoms with Gasteiger partial charge in [0.2, 0.25) is 5.91 Å². The Kier molecular flexibility index (Phi) is 5.66. The van der Waals surface area contributed by atoms with Crippen LogP contribution in [0.1, 0.15) is 27.2 Å². The van der Waals surface area contributed by atoms with Crippen molar-refractivity contribution in [3.8, 4) is 0 Å². The molecule has 1 aromatic rings. The highest BCUT2D eigenvalue weighted by Gasteiger charge is 2.19. The molecule has 2 nitrogen and oxygen atoms in total. The Labute approximate surface area is 112 Å². The van der Waals surface area contributed by atoms with Crippen LogP contribution in [0.5, 0.6) is 0 Å². The van der Waals surface area contributed by atoms with Crippen LogP contribution in [-0.2, 0) is 4.79 Å². The van der Waals surface area contributed by atoms with Gasteiger partial charge in [0.25, 0.3) is 0 Å². The van der Waals surface area contributed by atoms with E-state index in [1.54, 1.807) is 23.9 Å². The maximum absolute atomic E-state index is 12.7. The fourth-order valence-electron chi connectivity index (χ4n) is 1.26. The van der Waals surface area contributed by atoms with Gasteiger partial charge in [-0.3, -0.25) is 4.79 Å². The zero-order valence-corrected chi connectivity index (χ0v) is 11.9. The van der Waals surface area contributed by atoms with Crippen LogP contribution < -0.4 is 5.32 Å². The first-order valence-corrected chi connectivity index (χ1v) is 7.05. The molecule has 18 heavy (non-hydrogen) atoms. The van der Waals surface area contributed by atoms with Crippen molar-refractivity contribution in [2.45, 2.75) is 32.1 Å². The van der Waals surface area contributed by atoms with Crippen molar-refractivity contribution < 1.29 is 9.18 Å². The standard InChI is InChI=1S/C14H20FNOS/c1-14(2,3)13(17)16-9-4-10-18-12-7-5-11(15)6-8-12/h5-8H,4,9-10H2,1-3H3,(H,16,17). The molecular weight excluding hydrogens is 249 g/mol. The molecule has 0 radical (unpaired) electrons. The Morgan fingerprint density at radius 3 is 2.44 bits per heavy atom. The second-order valence-corrected chi connectivity index (χ2v) is 6.33. The van der Waals surface area contributed by atoms with E-state index in [0.29, 0.717) is 6.54 Å². The van der Waals surface area contributed by atoms with E-state index >= 15 is 0 Å². The summed E-state index contributed by atoms with van der Waals surface area (Å²) in [5.74, 6) is 0.779. The maximum atomic E-state index is 12.7. The number of nitrogens with one attached hydrogen (secondary N) is 1. The van der Waals surface area contributed by atoms with Gasteiger partial charge in [-0.15, -0.1) is 11.8 Å². The first-order chi connectivity index (χ1) is 8.39. The monoisotopic (exact) mass is 269 g/mol. The van der Waals surface area contributed by atoms with Crippen LogP contribution in [-0.4, -0.2) is 18.2 Å². The quantitative estimate of drug-likeness (QED) is 0.655. The average molecular weight is 269 g/mol. The molecule has 1 N–H and O–H groups in total. The first-order valence-electron chi connectivity index (χ1n) is 6.06. The van der Waals surface area contributed by atoms with Crippen LogP contribution in [0.25, 0.3) is 0 Å². The number of thioether (sulfide) groups is 1. The van der Waals surface area contributed by atoms with Gasteiger partial charge in [0, 0.05) is 16.9 Å². The van der Waals surface area contributed by atoms with Gasteiger partial charge >= 0.3 is 0 Å². The summed E-state index contributed by atoms with van der Waals surface area (Å²) in [4.78, 5) is 12.6. The van der Waals surface area contributed by atoms with E-state index in [9.17, 15) is 9.18 Å². The number of carbonyl (C=O) groups excluding carboxylic acids is 1. The number of amides is 1. The first kappa shape index (κ1) is 15.0. The zero-order valence-electron chi connectivity index (χ0n) is 11.1. The highest BCUT2D eigenvalue weighted by Crippen LogP contribution is 2.18. The van der Waals surface area contributed by atoms with Crippen LogP contribution in [0.3, 0.4) is 0 Å². The van der Waals surface area contributed by atoms with E-state index in [2.05, 4.69) is 5.32 Å². The molecule has 4 heteroatoms. The van der Waals surface area contributed by atoms with Crippen LogP contribution >= 0.6 is 11.8 Å². The van der Waals surface area contributed by atoms with Gasteiger partial charge in [-0.1, -0.05) is 20.8 Å². The topological polar surface area (TPSA) is 29.1 Å². The number of halogens is 1. The van der Waals surface area contributed by atoms with E-state index < -0.39 is 0 Å². The lowest BCUT2D eigenvalue weighted by molar-refractivity contribution is -0.128. The molecule has 0 bridgehead atoms. The van der Waals surface area contributed by atoms with Gasteiger partial charge in [0.05, 0.1) is 0 Å². The van der Waals surface area contributed by atoms with Gasteiger partial charge < -0.3 is 5.32 Å². The van der Waals surface area contributed by atoms with E-state index in [1.807, 2.05) is 20.8 Å². The van der Waals surface area contributed by atoms with Gasteiger partial charge in [-0.05, 0) is 36.4 Å². The van der Waals surface area contributed by atoms with Crippen molar-refractivity contribution in [2.24, 2.45) is 5.41 Å². The molecule has 1 aromatic carbocycles. The smallest absolute Gasteiger partial charge is 0.225 e. The van der Waals surface area contributed by atoms with Gasteiger partial charge in [-0.25, -0.2) is 4.39 Å². The van der Waals surface area contributed by atoms with E-state index in [0.717, 1.165) is 17.1 Å². The summed E-state index contributed by atoms with van der Waals surface area (Å²) in [6.45, 7) is 6.38. The second-order valence-electron chi connectivity index (χ2n) is 5.16. The predicted molar refractivity (Wildman–Crippen MR) is 74.2 cm³/mol.